The Hall–Kier alpha value is -1.93. The smallest absolute Gasteiger partial charge is 0.239 e. The first-order valence-electron chi connectivity index (χ1n) is 8.84. The van der Waals surface area contributed by atoms with Gasteiger partial charge in [-0.1, -0.05) is 12.1 Å². The Morgan fingerprint density at radius 3 is 2.85 bits per heavy atom. The van der Waals surface area contributed by atoms with Crippen LogP contribution in [-0.2, 0) is 4.79 Å². The van der Waals surface area contributed by atoms with Gasteiger partial charge in [-0.3, -0.25) is 10.2 Å². The molecule has 4 rings (SSSR count). The molecule has 140 valence electrons. The van der Waals surface area contributed by atoms with Crippen LogP contribution in [-0.4, -0.2) is 40.9 Å². The molecule has 0 saturated carbocycles. The number of nitrogens with one attached hydrogen (secondary N) is 4. The number of amides is 1. The van der Waals surface area contributed by atoms with Crippen LogP contribution in [0.15, 0.2) is 42.7 Å². The highest BCUT2D eigenvalue weighted by atomic mass is 35.5. The summed E-state index contributed by atoms with van der Waals surface area (Å²) < 4.78 is 1.82. The maximum absolute atomic E-state index is 12.7. The van der Waals surface area contributed by atoms with Crippen LogP contribution in [0.5, 0.6) is 0 Å². The SMILES string of the molecule is CC(NC(=O)C1NNC2CCNCC21)c1ccc(-n2cccn2)cc1.Cl. The Morgan fingerprint density at radius 2 is 2.12 bits per heavy atom. The number of aromatic nitrogens is 2. The number of fused-ring (bicyclic) bond motifs is 1. The van der Waals surface area contributed by atoms with Gasteiger partial charge in [0.1, 0.15) is 6.04 Å². The number of rotatable bonds is 4. The Morgan fingerprint density at radius 1 is 1.31 bits per heavy atom. The average Bonchev–Trinajstić information content (AvgIpc) is 3.31. The molecule has 4 atom stereocenters. The van der Waals surface area contributed by atoms with E-state index >= 15 is 0 Å². The second kappa shape index (κ2) is 8.18. The van der Waals surface area contributed by atoms with Crippen molar-refractivity contribution in [2.75, 3.05) is 13.1 Å². The average molecular weight is 377 g/mol. The van der Waals surface area contributed by atoms with E-state index in [1.54, 1.807) is 6.20 Å². The van der Waals surface area contributed by atoms with Crippen molar-refractivity contribution in [3.63, 3.8) is 0 Å². The number of carbonyl (C=O) groups excluding carboxylic acids is 1. The third kappa shape index (κ3) is 3.76. The first-order chi connectivity index (χ1) is 12.2. The fraction of sp³-hybridized carbons (Fsp3) is 0.444. The standard InChI is InChI=1S/C18H24N6O.ClH/c1-12(13-3-5-14(6-4-13)24-10-2-8-20-24)21-18(25)17-15-11-19-9-7-16(15)22-23-17;/h2-6,8,10,12,15-17,19,22-23H,7,9,11H2,1H3,(H,21,25);1H. The Labute approximate surface area is 159 Å². The highest BCUT2D eigenvalue weighted by molar-refractivity contribution is 5.85. The van der Waals surface area contributed by atoms with Gasteiger partial charge >= 0.3 is 0 Å². The molecular weight excluding hydrogens is 352 g/mol. The van der Waals surface area contributed by atoms with Crippen LogP contribution >= 0.6 is 12.4 Å². The minimum Gasteiger partial charge on any atom is -0.348 e. The Bertz CT molecular complexity index is 720. The van der Waals surface area contributed by atoms with Crippen LogP contribution in [0.3, 0.4) is 0 Å². The first-order valence-corrected chi connectivity index (χ1v) is 8.84. The van der Waals surface area contributed by atoms with E-state index in [0.717, 1.165) is 30.8 Å². The first kappa shape index (κ1) is 18.8. The molecular formula is C18H25ClN6O. The molecule has 8 heteroatoms. The van der Waals surface area contributed by atoms with Gasteiger partial charge in [0.05, 0.1) is 11.7 Å². The molecule has 1 aromatic carbocycles. The van der Waals surface area contributed by atoms with E-state index in [0.29, 0.717) is 12.0 Å². The van der Waals surface area contributed by atoms with Gasteiger partial charge in [0.15, 0.2) is 0 Å². The summed E-state index contributed by atoms with van der Waals surface area (Å²) in [6, 6.07) is 10.1. The Kier molecular flexibility index (Phi) is 5.93. The molecule has 1 amide bonds. The van der Waals surface area contributed by atoms with Gasteiger partial charge in [-0.25, -0.2) is 10.1 Å². The van der Waals surface area contributed by atoms with Crippen molar-refractivity contribution in [3.8, 4) is 5.69 Å². The van der Waals surface area contributed by atoms with Crippen molar-refractivity contribution in [1.29, 1.82) is 0 Å². The molecule has 0 bridgehead atoms. The van der Waals surface area contributed by atoms with Gasteiger partial charge in [0, 0.05) is 30.9 Å². The zero-order chi connectivity index (χ0) is 17.2. The predicted octanol–water partition coefficient (Wildman–Crippen LogP) is 0.926. The fourth-order valence-electron chi connectivity index (χ4n) is 3.70. The summed E-state index contributed by atoms with van der Waals surface area (Å²) in [6.45, 7) is 3.89. The van der Waals surface area contributed by atoms with E-state index in [4.69, 9.17) is 0 Å². The maximum atomic E-state index is 12.7. The summed E-state index contributed by atoms with van der Waals surface area (Å²) >= 11 is 0. The predicted molar refractivity (Wildman–Crippen MR) is 102 cm³/mol. The highest BCUT2D eigenvalue weighted by Gasteiger charge is 2.41. The van der Waals surface area contributed by atoms with Gasteiger partial charge in [-0.2, -0.15) is 5.10 Å². The van der Waals surface area contributed by atoms with E-state index in [1.807, 2.05) is 48.1 Å². The topological polar surface area (TPSA) is 83.0 Å². The van der Waals surface area contributed by atoms with Crippen LogP contribution < -0.4 is 21.5 Å². The summed E-state index contributed by atoms with van der Waals surface area (Å²) in [5.74, 6) is 0.343. The van der Waals surface area contributed by atoms with Gasteiger partial charge in [-0.15, -0.1) is 12.4 Å². The number of nitrogens with zero attached hydrogens (tertiary/aromatic N) is 2. The molecule has 2 aromatic rings. The lowest BCUT2D eigenvalue weighted by Crippen LogP contribution is -2.49. The molecule has 0 spiro atoms. The number of carbonyl (C=O) groups is 1. The highest BCUT2D eigenvalue weighted by Crippen LogP contribution is 2.21. The number of halogens is 1. The van der Waals surface area contributed by atoms with Gasteiger partial charge < -0.3 is 10.6 Å². The molecule has 0 aliphatic carbocycles. The number of hydrogen-bond acceptors (Lipinski definition) is 5. The largest absolute Gasteiger partial charge is 0.348 e. The molecule has 2 aliphatic heterocycles. The van der Waals surface area contributed by atoms with Crippen LogP contribution in [0.25, 0.3) is 5.69 Å². The zero-order valence-corrected chi connectivity index (χ0v) is 15.5. The maximum Gasteiger partial charge on any atom is 0.239 e. The molecule has 0 radical (unpaired) electrons. The molecule has 4 N–H and O–H groups in total. The lowest BCUT2D eigenvalue weighted by atomic mass is 9.89. The summed E-state index contributed by atoms with van der Waals surface area (Å²) in [5.41, 5.74) is 8.52. The van der Waals surface area contributed by atoms with E-state index in [1.165, 1.54) is 0 Å². The van der Waals surface area contributed by atoms with Crippen molar-refractivity contribution in [2.45, 2.75) is 31.5 Å². The molecule has 26 heavy (non-hydrogen) atoms. The molecule has 4 unspecified atom stereocenters. The number of hydrogen-bond donors (Lipinski definition) is 4. The van der Waals surface area contributed by atoms with Gasteiger partial charge in [0.2, 0.25) is 5.91 Å². The van der Waals surface area contributed by atoms with E-state index in [2.05, 4.69) is 26.6 Å². The molecule has 2 aliphatic rings. The minimum absolute atomic E-state index is 0. The van der Waals surface area contributed by atoms with Crippen molar-refractivity contribution in [1.82, 2.24) is 31.3 Å². The Balaban J connectivity index is 0.00000196. The molecule has 7 nitrogen and oxygen atoms in total. The van der Waals surface area contributed by atoms with Gasteiger partial charge in [-0.05, 0) is 43.7 Å². The normalized spacial score (nSPS) is 25.8. The summed E-state index contributed by atoms with van der Waals surface area (Å²) in [6.07, 6.45) is 4.71. The number of benzene rings is 1. The fourth-order valence-corrected chi connectivity index (χ4v) is 3.70. The summed E-state index contributed by atoms with van der Waals surface area (Å²) in [5, 5.41) is 10.7. The van der Waals surface area contributed by atoms with Crippen LogP contribution in [0.4, 0.5) is 0 Å². The van der Waals surface area contributed by atoms with Crippen LogP contribution in [0, 0.1) is 5.92 Å². The zero-order valence-electron chi connectivity index (χ0n) is 14.7. The molecule has 2 saturated heterocycles. The van der Waals surface area contributed by atoms with Crippen LogP contribution in [0.2, 0.25) is 0 Å². The van der Waals surface area contributed by atoms with E-state index in [9.17, 15) is 4.79 Å². The van der Waals surface area contributed by atoms with Crippen molar-refractivity contribution >= 4 is 18.3 Å². The second-order valence-corrected chi connectivity index (χ2v) is 6.80. The molecule has 1 aromatic heterocycles. The second-order valence-electron chi connectivity index (χ2n) is 6.80. The minimum atomic E-state index is -0.191. The lowest BCUT2D eigenvalue weighted by Gasteiger charge is -2.28. The van der Waals surface area contributed by atoms with E-state index in [-0.39, 0.29) is 30.4 Å². The van der Waals surface area contributed by atoms with Crippen molar-refractivity contribution in [2.24, 2.45) is 5.92 Å². The van der Waals surface area contributed by atoms with Crippen molar-refractivity contribution in [3.05, 3.63) is 48.3 Å². The molecule has 2 fully saturated rings. The van der Waals surface area contributed by atoms with Gasteiger partial charge in [0.25, 0.3) is 0 Å². The monoisotopic (exact) mass is 376 g/mol. The number of hydrazine groups is 1. The quantitative estimate of drug-likeness (QED) is 0.638. The third-order valence-corrected chi connectivity index (χ3v) is 5.18. The molecule has 3 heterocycles. The van der Waals surface area contributed by atoms with E-state index < -0.39 is 0 Å². The summed E-state index contributed by atoms with van der Waals surface area (Å²) in [4.78, 5) is 12.7. The van der Waals surface area contributed by atoms with Crippen LogP contribution in [0.1, 0.15) is 24.9 Å². The van der Waals surface area contributed by atoms with Crippen molar-refractivity contribution < 1.29 is 4.79 Å². The lowest BCUT2D eigenvalue weighted by molar-refractivity contribution is -0.124. The summed E-state index contributed by atoms with van der Waals surface area (Å²) in [7, 11) is 0. The third-order valence-electron chi connectivity index (χ3n) is 5.18. The number of piperidine rings is 1.